The van der Waals surface area contributed by atoms with E-state index >= 15 is 0 Å². The maximum Gasteiger partial charge on any atom is 0 e. The fourth-order valence-corrected chi connectivity index (χ4v) is 1.12. The zero-order valence-corrected chi connectivity index (χ0v) is 16.6. The van der Waals surface area contributed by atoms with Crippen molar-refractivity contribution < 1.29 is 65.4 Å². The van der Waals surface area contributed by atoms with Gasteiger partial charge in [0.15, 0.2) is 0 Å². The smallest absolute Gasteiger partial charge is 0 e. The van der Waals surface area contributed by atoms with E-state index in [1.165, 1.54) is 14.1 Å². The molecule has 4 heteroatoms. The summed E-state index contributed by atoms with van der Waals surface area (Å²) in [5.74, 6) is 0. The molecule has 92 valence electrons. The summed E-state index contributed by atoms with van der Waals surface area (Å²) in [5.41, 5.74) is 11.2. The Labute approximate surface area is 161 Å². The van der Waals surface area contributed by atoms with E-state index in [1.807, 2.05) is 48.5 Å². The molecule has 2 aromatic carbocycles. The van der Waals surface area contributed by atoms with E-state index in [2.05, 4.69) is 23.6 Å². The average molecular weight is 392 g/mol. The van der Waals surface area contributed by atoms with Crippen molar-refractivity contribution in [2.45, 2.75) is 0 Å². The standard InChI is InChI=1S/C12H8.2CH5N.2Y/c1-3-7-11(8-4-1)12-9-5-2-6-10-12;2*1-2;;/h1-7,9H;2*2H2,1H3;;/q-2;;;;. The second-order valence-corrected chi connectivity index (χ2v) is 2.55. The molecule has 0 saturated heterocycles. The fourth-order valence-electron chi connectivity index (χ4n) is 1.12. The first-order chi connectivity index (χ1) is 7.97. The Balaban J connectivity index is -0.000000344. The van der Waals surface area contributed by atoms with Crippen LogP contribution in [0.4, 0.5) is 0 Å². The summed E-state index contributed by atoms with van der Waals surface area (Å²) >= 11 is 0. The summed E-state index contributed by atoms with van der Waals surface area (Å²) in [7, 11) is 3.00. The Hall–Kier alpha value is 0.568. The molecule has 0 aromatic heterocycles. The van der Waals surface area contributed by atoms with Gasteiger partial charge in [-0.2, -0.15) is 48.5 Å². The summed E-state index contributed by atoms with van der Waals surface area (Å²) in [4.78, 5) is 0. The van der Waals surface area contributed by atoms with Crippen LogP contribution in [0.3, 0.4) is 0 Å². The number of nitrogens with two attached hydrogens (primary N) is 2. The number of hydrogen-bond donors (Lipinski definition) is 2. The Kier molecular flexibility index (Phi) is 23.1. The van der Waals surface area contributed by atoms with Crippen molar-refractivity contribution in [3.8, 4) is 11.1 Å². The molecule has 0 aliphatic rings. The fraction of sp³-hybridized carbons (Fsp3) is 0.143. The van der Waals surface area contributed by atoms with Gasteiger partial charge in [0.05, 0.1) is 0 Å². The summed E-state index contributed by atoms with van der Waals surface area (Å²) in [6, 6.07) is 22.1. The van der Waals surface area contributed by atoms with E-state index in [4.69, 9.17) is 0 Å². The zero-order valence-electron chi connectivity index (χ0n) is 10.9. The molecule has 0 bridgehead atoms. The molecule has 0 spiro atoms. The minimum absolute atomic E-state index is 0. The number of benzene rings is 2. The van der Waals surface area contributed by atoms with Gasteiger partial charge in [0.1, 0.15) is 0 Å². The Bertz CT molecular complexity index is 315. The van der Waals surface area contributed by atoms with Crippen molar-refractivity contribution >= 4 is 0 Å². The van der Waals surface area contributed by atoms with E-state index in [1.54, 1.807) is 0 Å². The van der Waals surface area contributed by atoms with Gasteiger partial charge in [-0.1, -0.05) is 0 Å². The normalized spacial score (nSPS) is 7.11. The van der Waals surface area contributed by atoms with Gasteiger partial charge in [0.2, 0.25) is 0 Å². The van der Waals surface area contributed by atoms with Gasteiger partial charge < -0.3 is 11.5 Å². The SMILES string of the molecule is CN.CN.[Y].[Y].[c-]1ccccc1-c1[c-]cccc1. The summed E-state index contributed by atoms with van der Waals surface area (Å²) < 4.78 is 0. The molecule has 0 aliphatic carbocycles. The van der Waals surface area contributed by atoms with Gasteiger partial charge in [-0.25, -0.2) is 11.1 Å². The first-order valence-corrected chi connectivity index (χ1v) is 5.06. The van der Waals surface area contributed by atoms with Crippen LogP contribution in [0.5, 0.6) is 0 Å². The third kappa shape index (κ3) is 9.49. The van der Waals surface area contributed by atoms with Crippen molar-refractivity contribution in [3.05, 3.63) is 60.7 Å². The Morgan fingerprint density at radius 3 is 1.22 bits per heavy atom. The van der Waals surface area contributed by atoms with Crippen LogP contribution in [0.15, 0.2) is 48.5 Å². The molecular weight excluding hydrogens is 374 g/mol. The van der Waals surface area contributed by atoms with Crippen LogP contribution in [0.1, 0.15) is 0 Å². The predicted molar refractivity (Wildman–Crippen MR) is 69.8 cm³/mol. The van der Waals surface area contributed by atoms with Crippen LogP contribution in [0, 0.1) is 12.1 Å². The largest absolute Gasteiger partial charge is 0.333 e. The van der Waals surface area contributed by atoms with E-state index < -0.39 is 0 Å². The van der Waals surface area contributed by atoms with Gasteiger partial charge in [-0.05, 0) is 14.1 Å². The van der Waals surface area contributed by atoms with E-state index in [9.17, 15) is 0 Å². The van der Waals surface area contributed by atoms with Crippen molar-refractivity contribution in [2.75, 3.05) is 14.1 Å². The molecule has 0 atom stereocenters. The minimum Gasteiger partial charge on any atom is -0.333 e. The van der Waals surface area contributed by atoms with Crippen LogP contribution in [0.2, 0.25) is 0 Å². The molecule has 0 heterocycles. The Morgan fingerprint density at radius 2 is 1.00 bits per heavy atom. The molecule has 2 rings (SSSR count). The van der Waals surface area contributed by atoms with Gasteiger partial charge in [0.25, 0.3) is 0 Å². The second kappa shape index (κ2) is 17.6. The van der Waals surface area contributed by atoms with E-state index in [0.29, 0.717) is 0 Å². The summed E-state index contributed by atoms with van der Waals surface area (Å²) in [6.07, 6.45) is 0. The molecule has 0 amide bonds. The molecule has 0 unspecified atom stereocenters. The minimum atomic E-state index is 0. The van der Waals surface area contributed by atoms with Gasteiger partial charge in [-0.15, -0.1) is 12.1 Å². The zero-order chi connectivity index (χ0) is 12.2. The molecule has 2 aromatic rings. The van der Waals surface area contributed by atoms with Crippen LogP contribution >= 0.6 is 0 Å². The van der Waals surface area contributed by atoms with Crippen LogP contribution < -0.4 is 11.5 Å². The van der Waals surface area contributed by atoms with Crippen molar-refractivity contribution in [1.29, 1.82) is 0 Å². The molecule has 18 heavy (non-hydrogen) atoms. The maximum atomic E-state index is 4.50. The number of hydrogen-bond acceptors (Lipinski definition) is 2. The van der Waals surface area contributed by atoms with Crippen LogP contribution in [0.25, 0.3) is 11.1 Å². The van der Waals surface area contributed by atoms with E-state index in [0.717, 1.165) is 11.1 Å². The third-order valence-electron chi connectivity index (χ3n) is 1.71. The summed E-state index contributed by atoms with van der Waals surface area (Å²) in [5, 5.41) is 0. The third-order valence-corrected chi connectivity index (χ3v) is 1.71. The van der Waals surface area contributed by atoms with Crippen LogP contribution in [-0.2, 0) is 65.4 Å². The van der Waals surface area contributed by atoms with Crippen molar-refractivity contribution in [2.24, 2.45) is 11.5 Å². The monoisotopic (exact) mass is 392 g/mol. The van der Waals surface area contributed by atoms with Crippen LogP contribution in [-0.4, -0.2) is 14.1 Å². The second-order valence-electron chi connectivity index (χ2n) is 2.55. The molecule has 0 aliphatic heterocycles. The molecular formula is C14H18N2Y2-2. The van der Waals surface area contributed by atoms with Crippen molar-refractivity contribution in [1.82, 2.24) is 0 Å². The quantitative estimate of drug-likeness (QED) is 0.731. The average Bonchev–Trinajstić information content (AvgIpc) is 2.45. The Morgan fingerprint density at radius 1 is 0.667 bits per heavy atom. The summed E-state index contributed by atoms with van der Waals surface area (Å²) in [6.45, 7) is 0. The molecule has 2 radical (unpaired) electrons. The molecule has 0 saturated carbocycles. The first-order valence-electron chi connectivity index (χ1n) is 5.06. The predicted octanol–water partition coefficient (Wildman–Crippen LogP) is 2.10. The van der Waals surface area contributed by atoms with E-state index in [-0.39, 0.29) is 65.4 Å². The van der Waals surface area contributed by atoms with Gasteiger partial charge >= 0.3 is 0 Å². The van der Waals surface area contributed by atoms with Gasteiger partial charge in [0, 0.05) is 65.4 Å². The first kappa shape index (κ1) is 23.6. The van der Waals surface area contributed by atoms with Crippen molar-refractivity contribution in [3.63, 3.8) is 0 Å². The molecule has 2 nitrogen and oxygen atoms in total. The maximum absolute atomic E-state index is 4.50. The number of rotatable bonds is 1. The van der Waals surface area contributed by atoms with Gasteiger partial charge in [-0.3, -0.25) is 0 Å². The molecule has 4 N–H and O–H groups in total. The topological polar surface area (TPSA) is 52.0 Å². The molecule has 0 fully saturated rings.